The first-order valence-corrected chi connectivity index (χ1v) is 9.52. The summed E-state index contributed by atoms with van der Waals surface area (Å²) in [5.41, 5.74) is 2.42. The van der Waals surface area contributed by atoms with E-state index in [0.29, 0.717) is 19.5 Å². The lowest BCUT2D eigenvalue weighted by molar-refractivity contribution is -0.139. The third-order valence-corrected chi connectivity index (χ3v) is 5.19. The summed E-state index contributed by atoms with van der Waals surface area (Å²) >= 11 is 1.55. The van der Waals surface area contributed by atoms with Gasteiger partial charge >= 0.3 is 11.8 Å². The fourth-order valence-electron chi connectivity index (χ4n) is 2.91. The van der Waals surface area contributed by atoms with Crippen molar-refractivity contribution in [2.45, 2.75) is 25.8 Å². The highest BCUT2D eigenvalue weighted by atomic mass is 32.1. The van der Waals surface area contributed by atoms with Crippen LogP contribution in [0.25, 0.3) is 0 Å². The van der Waals surface area contributed by atoms with E-state index in [1.165, 1.54) is 18.5 Å². The molecule has 0 aliphatic carbocycles. The molecule has 1 saturated heterocycles. The van der Waals surface area contributed by atoms with E-state index < -0.39 is 11.8 Å². The molecule has 132 valence electrons. The minimum Gasteiger partial charge on any atom is -0.372 e. The van der Waals surface area contributed by atoms with Crippen LogP contribution in [0.3, 0.4) is 0 Å². The predicted molar refractivity (Wildman–Crippen MR) is 101 cm³/mol. The number of carbonyl (C=O) groups excluding carboxylic acids is 2. The van der Waals surface area contributed by atoms with Gasteiger partial charge in [0.05, 0.1) is 6.54 Å². The van der Waals surface area contributed by atoms with Crippen LogP contribution in [0.1, 0.15) is 23.3 Å². The van der Waals surface area contributed by atoms with Gasteiger partial charge in [-0.2, -0.15) is 0 Å². The molecule has 1 aliphatic heterocycles. The molecular weight excluding hydrogens is 334 g/mol. The molecule has 1 aromatic carbocycles. The Balaban J connectivity index is 1.38. The molecule has 0 saturated carbocycles. The predicted octanol–water partition coefficient (Wildman–Crippen LogP) is 2.32. The van der Waals surface area contributed by atoms with Gasteiger partial charge in [-0.3, -0.25) is 9.59 Å². The number of anilines is 1. The van der Waals surface area contributed by atoms with Crippen molar-refractivity contribution in [2.75, 3.05) is 24.5 Å². The van der Waals surface area contributed by atoms with Crippen molar-refractivity contribution in [1.82, 2.24) is 10.6 Å². The lowest BCUT2D eigenvalue weighted by Gasteiger charge is -2.17. The fraction of sp³-hybridized carbons (Fsp3) is 0.368. The van der Waals surface area contributed by atoms with Crippen LogP contribution in [-0.2, 0) is 22.6 Å². The molecule has 0 radical (unpaired) electrons. The molecule has 3 rings (SSSR count). The molecule has 25 heavy (non-hydrogen) atoms. The number of nitrogens with one attached hydrogen (secondary N) is 2. The molecule has 0 spiro atoms. The Kier molecular flexibility index (Phi) is 6.06. The zero-order valence-corrected chi connectivity index (χ0v) is 15.0. The van der Waals surface area contributed by atoms with Crippen LogP contribution in [0.5, 0.6) is 0 Å². The first-order chi connectivity index (χ1) is 12.2. The molecular formula is C19H23N3O2S. The van der Waals surface area contributed by atoms with Crippen LogP contribution in [0.2, 0.25) is 0 Å². The average Bonchev–Trinajstić information content (AvgIpc) is 3.34. The number of carbonyl (C=O) groups is 2. The van der Waals surface area contributed by atoms with Gasteiger partial charge < -0.3 is 15.5 Å². The largest absolute Gasteiger partial charge is 0.372 e. The Morgan fingerprint density at radius 2 is 1.72 bits per heavy atom. The first kappa shape index (κ1) is 17.5. The maximum atomic E-state index is 11.8. The topological polar surface area (TPSA) is 61.4 Å². The van der Waals surface area contributed by atoms with E-state index in [4.69, 9.17) is 0 Å². The summed E-state index contributed by atoms with van der Waals surface area (Å²) in [5.74, 6) is -1.16. The van der Waals surface area contributed by atoms with E-state index in [9.17, 15) is 9.59 Å². The Morgan fingerprint density at radius 3 is 2.40 bits per heavy atom. The smallest absolute Gasteiger partial charge is 0.309 e. The highest BCUT2D eigenvalue weighted by Crippen LogP contribution is 2.20. The molecule has 2 N–H and O–H groups in total. The van der Waals surface area contributed by atoms with Gasteiger partial charge in [-0.05, 0) is 48.4 Å². The molecule has 1 aliphatic rings. The maximum Gasteiger partial charge on any atom is 0.309 e. The number of rotatable bonds is 6. The van der Waals surface area contributed by atoms with Crippen molar-refractivity contribution < 1.29 is 9.59 Å². The number of nitrogens with zero attached hydrogens (tertiary/aromatic N) is 1. The second-order valence-electron chi connectivity index (χ2n) is 6.13. The Bertz CT molecular complexity index is 692. The van der Waals surface area contributed by atoms with Crippen LogP contribution in [0, 0.1) is 0 Å². The zero-order chi connectivity index (χ0) is 17.5. The number of hydrogen-bond acceptors (Lipinski definition) is 4. The molecule has 2 amide bonds. The highest BCUT2D eigenvalue weighted by Gasteiger charge is 2.13. The number of thiophene rings is 1. The number of benzene rings is 1. The van der Waals surface area contributed by atoms with Crippen molar-refractivity contribution in [3.63, 3.8) is 0 Å². The third kappa shape index (κ3) is 5.06. The maximum absolute atomic E-state index is 11.8. The minimum atomic E-state index is -0.585. The summed E-state index contributed by atoms with van der Waals surface area (Å²) in [5, 5.41) is 7.24. The lowest BCUT2D eigenvalue weighted by Crippen LogP contribution is -2.40. The molecule has 2 aromatic rings. The second-order valence-corrected chi connectivity index (χ2v) is 7.16. The van der Waals surface area contributed by atoms with E-state index in [1.807, 2.05) is 17.5 Å². The zero-order valence-electron chi connectivity index (χ0n) is 14.2. The Morgan fingerprint density at radius 1 is 1.00 bits per heavy atom. The van der Waals surface area contributed by atoms with Crippen LogP contribution >= 0.6 is 11.3 Å². The van der Waals surface area contributed by atoms with Crippen molar-refractivity contribution in [2.24, 2.45) is 0 Å². The summed E-state index contributed by atoms with van der Waals surface area (Å²) in [6.07, 6.45) is 3.24. The molecule has 5 nitrogen and oxygen atoms in total. The molecule has 1 fully saturated rings. The van der Waals surface area contributed by atoms with Crippen molar-refractivity contribution >= 4 is 28.8 Å². The molecule has 0 atom stereocenters. The highest BCUT2D eigenvalue weighted by molar-refractivity contribution is 7.09. The van der Waals surface area contributed by atoms with Crippen LogP contribution in [0.4, 0.5) is 5.69 Å². The van der Waals surface area contributed by atoms with Crippen LogP contribution in [-0.4, -0.2) is 31.4 Å². The number of amides is 2. The average molecular weight is 357 g/mol. The quantitative estimate of drug-likeness (QED) is 0.780. The van der Waals surface area contributed by atoms with E-state index in [-0.39, 0.29) is 0 Å². The molecule has 0 bridgehead atoms. The van der Waals surface area contributed by atoms with Gasteiger partial charge in [0, 0.05) is 30.2 Å². The van der Waals surface area contributed by atoms with Gasteiger partial charge in [0.2, 0.25) is 0 Å². The Labute approximate surface area is 152 Å². The summed E-state index contributed by atoms with van der Waals surface area (Å²) in [7, 11) is 0. The Hall–Kier alpha value is -2.34. The van der Waals surface area contributed by atoms with E-state index in [1.54, 1.807) is 11.3 Å². The fourth-order valence-corrected chi connectivity index (χ4v) is 3.55. The summed E-state index contributed by atoms with van der Waals surface area (Å²) in [6, 6.07) is 12.3. The molecule has 1 aromatic heterocycles. The van der Waals surface area contributed by atoms with E-state index in [0.717, 1.165) is 23.5 Å². The van der Waals surface area contributed by atoms with Gasteiger partial charge in [-0.25, -0.2) is 0 Å². The molecule has 2 heterocycles. The summed E-state index contributed by atoms with van der Waals surface area (Å²) < 4.78 is 0. The van der Waals surface area contributed by atoms with Crippen molar-refractivity contribution in [1.29, 1.82) is 0 Å². The second kappa shape index (κ2) is 8.67. The molecule has 6 heteroatoms. The van der Waals surface area contributed by atoms with Crippen LogP contribution in [0.15, 0.2) is 41.8 Å². The minimum absolute atomic E-state index is 0.391. The van der Waals surface area contributed by atoms with Crippen molar-refractivity contribution in [3.05, 3.63) is 52.2 Å². The lowest BCUT2D eigenvalue weighted by atomic mass is 10.1. The van der Waals surface area contributed by atoms with E-state index >= 15 is 0 Å². The van der Waals surface area contributed by atoms with Gasteiger partial charge in [0.1, 0.15) is 0 Å². The SMILES string of the molecule is O=C(NCCc1ccc(N2CCCC2)cc1)C(=O)NCc1cccs1. The van der Waals surface area contributed by atoms with Gasteiger partial charge in [0.15, 0.2) is 0 Å². The van der Waals surface area contributed by atoms with Gasteiger partial charge in [0.25, 0.3) is 0 Å². The monoisotopic (exact) mass is 357 g/mol. The van der Waals surface area contributed by atoms with Crippen molar-refractivity contribution in [3.8, 4) is 0 Å². The summed E-state index contributed by atoms with van der Waals surface area (Å²) in [6.45, 7) is 3.11. The molecule has 0 unspecified atom stereocenters. The normalized spacial score (nSPS) is 13.7. The standard InChI is InChI=1S/C19H23N3O2S/c23-18(19(24)21-14-17-4-3-13-25-17)20-10-9-15-5-7-16(8-6-15)22-11-1-2-12-22/h3-8,13H,1-2,9-12,14H2,(H,20,23)(H,21,24). The third-order valence-electron chi connectivity index (χ3n) is 4.32. The summed E-state index contributed by atoms with van der Waals surface area (Å²) in [4.78, 5) is 27.0. The van der Waals surface area contributed by atoms with Gasteiger partial charge in [-0.15, -0.1) is 11.3 Å². The first-order valence-electron chi connectivity index (χ1n) is 8.65. The number of hydrogen-bond donors (Lipinski definition) is 2. The van der Waals surface area contributed by atoms with E-state index in [2.05, 4.69) is 39.8 Å². The van der Waals surface area contributed by atoms with Gasteiger partial charge in [-0.1, -0.05) is 18.2 Å². The van der Waals surface area contributed by atoms with Crippen LogP contribution < -0.4 is 15.5 Å².